The zero-order chi connectivity index (χ0) is 12.3. The highest BCUT2D eigenvalue weighted by molar-refractivity contribution is 6.73. The normalized spacial score (nSPS) is 14.5. The molecular weight excluding hydrogens is 225 g/mol. The summed E-state index contributed by atoms with van der Waals surface area (Å²) >= 11 is 0. The molecule has 6 heteroatoms. The average Bonchev–Trinajstić information content (AvgIpc) is 1.99. The van der Waals surface area contributed by atoms with Crippen LogP contribution in [0.4, 0.5) is 13.2 Å². The van der Waals surface area contributed by atoms with Crippen molar-refractivity contribution in [1.29, 1.82) is 0 Å². The topological polar surface area (TPSA) is 26.3 Å². The van der Waals surface area contributed by atoms with Crippen LogP contribution in [0.3, 0.4) is 0 Å². The van der Waals surface area contributed by atoms with Gasteiger partial charge in [-0.05, 0) is 26.1 Å². The first kappa shape index (κ1) is 14.2. The van der Waals surface area contributed by atoms with Gasteiger partial charge in [-0.3, -0.25) is 4.79 Å². The first-order chi connectivity index (χ1) is 6.60. The van der Waals surface area contributed by atoms with Gasteiger partial charge in [0.1, 0.15) is 5.92 Å². The summed E-state index contributed by atoms with van der Waals surface area (Å²) < 4.78 is 41.3. The lowest BCUT2D eigenvalue weighted by Crippen LogP contribution is -2.39. The Balaban J connectivity index is 4.43. The number of hydrogen-bond acceptors (Lipinski definition) is 2. The highest BCUT2D eigenvalue weighted by Gasteiger charge is 2.43. The fourth-order valence-corrected chi connectivity index (χ4v) is 2.38. The molecule has 0 fully saturated rings. The first-order valence-corrected chi connectivity index (χ1v) is 7.62. The van der Waals surface area contributed by atoms with Gasteiger partial charge in [-0.1, -0.05) is 6.08 Å². The third kappa shape index (κ3) is 5.01. The Kier molecular flexibility index (Phi) is 4.57. The number of halogens is 3. The summed E-state index contributed by atoms with van der Waals surface area (Å²) in [6, 6.07) is 0.448. The summed E-state index contributed by atoms with van der Waals surface area (Å²) in [5.41, 5.74) is 0. The predicted octanol–water partition coefficient (Wildman–Crippen LogP) is 3.12. The molecule has 0 N–H and O–H groups in total. The molecule has 0 heterocycles. The van der Waals surface area contributed by atoms with Crippen molar-refractivity contribution < 1.29 is 22.4 Å². The van der Waals surface area contributed by atoms with E-state index in [2.05, 4.69) is 6.58 Å². The fourth-order valence-electron chi connectivity index (χ4n) is 0.884. The molecular formula is C9H15F3O2Si. The van der Waals surface area contributed by atoms with E-state index in [1.54, 1.807) is 19.2 Å². The van der Waals surface area contributed by atoms with Crippen molar-refractivity contribution >= 4 is 14.3 Å². The summed E-state index contributed by atoms with van der Waals surface area (Å²) in [5.74, 6) is -3.25. The smallest absolute Gasteiger partial charge is 0.401 e. The van der Waals surface area contributed by atoms with Gasteiger partial charge < -0.3 is 4.43 Å². The van der Waals surface area contributed by atoms with Crippen molar-refractivity contribution in [3.8, 4) is 0 Å². The Morgan fingerprint density at radius 2 is 2.00 bits per heavy atom. The molecule has 0 aromatic rings. The van der Waals surface area contributed by atoms with Crippen LogP contribution in [0.25, 0.3) is 0 Å². The van der Waals surface area contributed by atoms with Gasteiger partial charge >= 0.3 is 12.1 Å². The van der Waals surface area contributed by atoms with E-state index in [1.165, 1.54) is 0 Å². The van der Waals surface area contributed by atoms with Crippen LogP contribution in [-0.2, 0) is 9.22 Å². The van der Waals surface area contributed by atoms with Gasteiger partial charge in [0.05, 0.1) is 0 Å². The van der Waals surface area contributed by atoms with Gasteiger partial charge in [0.15, 0.2) is 0 Å². The summed E-state index contributed by atoms with van der Waals surface area (Å²) in [6.07, 6.45) is -2.98. The van der Waals surface area contributed by atoms with Gasteiger partial charge in [0, 0.05) is 0 Å². The van der Waals surface area contributed by atoms with Gasteiger partial charge in [-0.2, -0.15) is 13.2 Å². The van der Waals surface area contributed by atoms with E-state index in [0.717, 1.165) is 6.92 Å². The van der Waals surface area contributed by atoms with Crippen LogP contribution in [0.15, 0.2) is 12.7 Å². The van der Waals surface area contributed by atoms with Gasteiger partial charge in [-0.25, -0.2) is 0 Å². The van der Waals surface area contributed by atoms with E-state index in [1.807, 2.05) is 0 Å². The predicted molar refractivity (Wildman–Crippen MR) is 53.8 cm³/mol. The maximum Gasteiger partial charge on any atom is 0.401 e. The second-order valence-electron chi connectivity index (χ2n) is 3.94. The largest absolute Gasteiger partial charge is 0.519 e. The summed E-state index contributed by atoms with van der Waals surface area (Å²) in [7, 11) is -2.38. The van der Waals surface area contributed by atoms with Crippen LogP contribution in [0.2, 0.25) is 19.1 Å². The molecule has 0 aliphatic rings. The molecule has 0 saturated heterocycles. The first-order valence-electron chi connectivity index (χ1n) is 4.50. The van der Waals surface area contributed by atoms with E-state index in [-0.39, 0.29) is 0 Å². The van der Waals surface area contributed by atoms with Gasteiger partial charge in [-0.15, -0.1) is 6.58 Å². The number of allylic oxidation sites excluding steroid dienone is 1. The van der Waals surface area contributed by atoms with Crippen molar-refractivity contribution in [3.05, 3.63) is 12.7 Å². The molecule has 0 spiro atoms. The molecule has 0 aliphatic carbocycles. The summed E-state index contributed by atoms with van der Waals surface area (Å²) in [5, 5.41) is 0. The van der Waals surface area contributed by atoms with Crippen molar-refractivity contribution in [2.75, 3.05) is 0 Å². The van der Waals surface area contributed by atoms with E-state index < -0.39 is 26.4 Å². The minimum absolute atomic E-state index is 0.448. The van der Waals surface area contributed by atoms with E-state index >= 15 is 0 Å². The maximum absolute atomic E-state index is 12.2. The Labute approximate surface area is 88.2 Å². The molecule has 2 nitrogen and oxygen atoms in total. The number of rotatable bonds is 4. The zero-order valence-electron chi connectivity index (χ0n) is 9.02. The van der Waals surface area contributed by atoms with E-state index in [4.69, 9.17) is 4.43 Å². The molecule has 15 heavy (non-hydrogen) atoms. The van der Waals surface area contributed by atoms with Crippen LogP contribution >= 0.6 is 0 Å². The third-order valence-electron chi connectivity index (χ3n) is 1.86. The highest BCUT2D eigenvalue weighted by Crippen LogP contribution is 2.28. The number of carbonyl (C=O) groups excluding carboxylic acids is 1. The number of alkyl halides is 3. The Morgan fingerprint density at radius 3 is 2.33 bits per heavy atom. The molecule has 0 aromatic heterocycles. The molecule has 0 bridgehead atoms. The van der Waals surface area contributed by atoms with Crippen LogP contribution in [0.1, 0.15) is 6.92 Å². The molecule has 0 amide bonds. The number of carbonyl (C=O) groups is 1. The molecule has 1 unspecified atom stereocenters. The Hall–Kier alpha value is -0.783. The lowest BCUT2D eigenvalue weighted by molar-refractivity contribution is -0.188. The van der Waals surface area contributed by atoms with Crippen molar-refractivity contribution in [3.63, 3.8) is 0 Å². The molecule has 0 aromatic carbocycles. The molecule has 0 radical (unpaired) electrons. The lowest BCUT2D eigenvalue weighted by atomic mass is 10.2. The molecule has 0 aliphatic heterocycles. The van der Waals surface area contributed by atoms with Crippen LogP contribution in [0.5, 0.6) is 0 Å². The van der Waals surface area contributed by atoms with Gasteiger partial charge in [0.2, 0.25) is 0 Å². The maximum atomic E-state index is 12.2. The minimum atomic E-state index is -4.53. The molecule has 0 saturated carbocycles. The second-order valence-corrected chi connectivity index (χ2v) is 8.07. The number of hydrogen-bond donors (Lipinski definition) is 0. The third-order valence-corrected chi connectivity index (χ3v) is 3.88. The Morgan fingerprint density at radius 1 is 1.53 bits per heavy atom. The standard InChI is InChI=1S/C9H15F3O2Si/c1-5-6-15(3,4)14-8(13)7(2)9(10,11)12/h5,7H,1,6H2,2-4H3. The van der Waals surface area contributed by atoms with E-state index in [0.29, 0.717) is 6.04 Å². The summed E-state index contributed by atoms with van der Waals surface area (Å²) in [4.78, 5) is 11.1. The monoisotopic (exact) mass is 240 g/mol. The van der Waals surface area contributed by atoms with Crippen LogP contribution in [-0.4, -0.2) is 20.5 Å². The van der Waals surface area contributed by atoms with Crippen LogP contribution in [0, 0.1) is 5.92 Å². The lowest BCUT2D eigenvalue weighted by Gasteiger charge is -2.24. The molecule has 1 atom stereocenters. The Bertz CT molecular complexity index is 248. The fraction of sp³-hybridized carbons (Fsp3) is 0.667. The van der Waals surface area contributed by atoms with Gasteiger partial charge in [0.25, 0.3) is 8.32 Å². The second kappa shape index (κ2) is 4.83. The molecule has 0 rings (SSSR count). The van der Waals surface area contributed by atoms with Crippen LogP contribution < -0.4 is 0 Å². The average molecular weight is 240 g/mol. The van der Waals surface area contributed by atoms with Crippen molar-refractivity contribution in [1.82, 2.24) is 0 Å². The highest BCUT2D eigenvalue weighted by atomic mass is 28.4. The molecule has 88 valence electrons. The summed E-state index contributed by atoms with van der Waals surface area (Å²) in [6.45, 7) is 7.63. The minimum Gasteiger partial charge on any atom is -0.519 e. The van der Waals surface area contributed by atoms with E-state index in [9.17, 15) is 18.0 Å². The van der Waals surface area contributed by atoms with Crippen molar-refractivity contribution in [2.24, 2.45) is 5.92 Å². The SMILES string of the molecule is C=CC[Si](C)(C)OC(=O)C(C)C(F)(F)F. The zero-order valence-corrected chi connectivity index (χ0v) is 10.0. The van der Waals surface area contributed by atoms with Crippen molar-refractivity contribution in [2.45, 2.75) is 32.2 Å². The quantitative estimate of drug-likeness (QED) is 0.557.